The number of nitrogens with one attached hydrogen (secondary N) is 1. The molecule has 132 valence electrons. The van der Waals surface area contributed by atoms with E-state index < -0.39 is 10.8 Å². The van der Waals surface area contributed by atoms with Crippen LogP contribution in [-0.4, -0.2) is 40.4 Å². The molecule has 25 heavy (non-hydrogen) atoms. The van der Waals surface area contributed by atoms with E-state index in [0.29, 0.717) is 12.1 Å². The number of amides is 1. The normalized spacial score (nSPS) is 16.7. The molecule has 0 saturated heterocycles. The first-order chi connectivity index (χ1) is 12.0. The molecule has 1 heterocycles. The molecule has 1 N–H and O–H groups in total. The average Bonchev–Trinajstić information content (AvgIpc) is 2.65. The first-order valence-corrected chi connectivity index (χ1v) is 10.1. The maximum Gasteiger partial charge on any atom is 0.251 e. The fourth-order valence-electron chi connectivity index (χ4n) is 3.16. The van der Waals surface area contributed by atoms with Crippen molar-refractivity contribution in [3.05, 3.63) is 65.2 Å². The maximum atomic E-state index is 12.3. The SMILES string of the molecule is C[C@@H](CNC(=O)c1ccc([S@](C)=O)cc1)N1CCc2ccccc2C1. The molecule has 0 bridgehead atoms. The molecular formula is C20H24N2O2S. The van der Waals surface area contributed by atoms with E-state index in [1.807, 2.05) is 0 Å². The summed E-state index contributed by atoms with van der Waals surface area (Å²) in [7, 11) is -1.02. The van der Waals surface area contributed by atoms with Crippen LogP contribution in [0.1, 0.15) is 28.4 Å². The lowest BCUT2D eigenvalue weighted by Crippen LogP contribution is -2.44. The van der Waals surface area contributed by atoms with Crippen molar-refractivity contribution >= 4 is 16.7 Å². The minimum Gasteiger partial charge on any atom is -0.350 e. The summed E-state index contributed by atoms with van der Waals surface area (Å²) in [6.07, 6.45) is 2.69. The molecule has 2 aromatic rings. The Balaban J connectivity index is 1.54. The first kappa shape index (κ1) is 17.8. The summed E-state index contributed by atoms with van der Waals surface area (Å²) in [6.45, 7) is 4.72. The number of rotatable bonds is 5. The van der Waals surface area contributed by atoms with Crippen LogP contribution in [0.3, 0.4) is 0 Å². The third-order valence-electron chi connectivity index (χ3n) is 4.79. The monoisotopic (exact) mass is 356 g/mol. The van der Waals surface area contributed by atoms with E-state index in [1.165, 1.54) is 11.1 Å². The Morgan fingerprint density at radius 3 is 2.52 bits per heavy atom. The van der Waals surface area contributed by atoms with E-state index in [4.69, 9.17) is 0 Å². The molecule has 0 aliphatic carbocycles. The maximum absolute atomic E-state index is 12.3. The lowest BCUT2D eigenvalue weighted by molar-refractivity contribution is 0.0932. The molecule has 2 atom stereocenters. The van der Waals surface area contributed by atoms with Gasteiger partial charge < -0.3 is 5.32 Å². The number of carbonyl (C=O) groups is 1. The van der Waals surface area contributed by atoms with Crippen molar-refractivity contribution in [3.8, 4) is 0 Å². The minimum atomic E-state index is -1.02. The van der Waals surface area contributed by atoms with Gasteiger partial charge in [-0.2, -0.15) is 0 Å². The number of fused-ring (bicyclic) bond motifs is 1. The van der Waals surface area contributed by atoms with Crippen LogP contribution < -0.4 is 5.32 Å². The molecular weight excluding hydrogens is 332 g/mol. The van der Waals surface area contributed by atoms with Gasteiger partial charge in [-0.1, -0.05) is 24.3 Å². The fraction of sp³-hybridized carbons (Fsp3) is 0.350. The number of hydrogen-bond acceptors (Lipinski definition) is 3. The Hall–Kier alpha value is -1.98. The zero-order valence-corrected chi connectivity index (χ0v) is 15.5. The molecule has 0 spiro atoms. The van der Waals surface area contributed by atoms with Crippen LogP contribution in [0.15, 0.2) is 53.4 Å². The van der Waals surface area contributed by atoms with Crippen LogP contribution in [0.4, 0.5) is 0 Å². The molecule has 1 aliphatic rings. The van der Waals surface area contributed by atoms with Gasteiger partial charge in [0.05, 0.1) is 0 Å². The number of carbonyl (C=O) groups excluding carboxylic acids is 1. The Labute approximate surface area is 151 Å². The van der Waals surface area contributed by atoms with Gasteiger partial charge in [0, 0.05) is 53.2 Å². The van der Waals surface area contributed by atoms with Crippen LogP contribution in [-0.2, 0) is 23.8 Å². The second-order valence-corrected chi connectivity index (χ2v) is 7.91. The standard InChI is InChI=1S/C20H24N2O2S/c1-15(22-12-11-16-5-3-4-6-18(16)14-22)13-21-20(23)17-7-9-19(10-8-17)25(2)24/h3-10,15H,11-14H2,1-2H3,(H,21,23)/t15-,25-/m0/s1. The molecule has 1 amide bonds. The molecule has 4 nitrogen and oxygen atoms in total. The van der Waals surface area contributed by atoms with Crippen molar-refractivity contribution in [1.82, 2.24) is 10.2 Å². The highest BCUT2D eigenvalue weighted by Gasteiger charge is 2.20. The van der Waals surface area contributed by atoms with Crippen molar-refractivity contribution in [1.29, 1.82) is 0 Å². The van der Waals surface area contributed by atoms with Crippen molar-refractivity contribution < 1.29 is 9.00 Å². The van der Waals surface area contributed by atoms with Crippen LogP contribution in [0.2, 0.25) is 0 Å². The summed E-state index contributed by atoms with van der Waals surface area (Å²) in [5.41, 5.74) is 3.42. The topological polar surface area (TPSA) is 49.4 Å². The Kier molecular flexibility index (Phi) is 5.66. The van der Waals surface area contributed by atoms with Crippen molar-refractivity contribution in [2.75, 3.05) is 19.3 Å². The summed E-state index contributed by atoms with van der Waals surface area (Å²) < 4.78 is 11.4. The van der Waals surface area contributed by atoms with Crippen LogP contribution in [0.25, 0.3) is 0 Å². The van der Waals surface area contributed by atoms with Gasteiger partial charge in [0.15, 0.2) is 0 Å². The van der Waals surface area contributed by atoms with Crippen molar-refractivity contribution in [3.63, 3.8) is 0 Å². The first-order valence-electron chi connectivity index (χ1n) is 8.57. The van der Waals surface area contributed by atoms with E-state index in [-0.39, 0.29) is 11.9 Å². The Morgan fingerprint density at radius 2 is 1.84 bits per heavy atom. The predicted octanol–water partition coefficient (Wildman–Crippen LogP) is 2.60. The summed E-state index contributed by atoms with van der Waals surface area (Å²) in [5, 5.41) is 3.01. The summed E-state index contributed by atoms with van der Waals surface area (Å²) >= 11 is 0. The molecule has 2 aromatic carbocycles. The second-order valence-electron chi connectivity index (χ2n) is 6.53. The Morgan fingerprint density at radius 1 is 1.16 bits per heavy atom. The zero-order chi connectivity index (χ0) is 17.8. The molecule has 0 aromatic heterocycles. The zero-order valence-electron chi connectivity index (χ0n) is 14.7. The summed E-state index contributed by atoms with van der Waals surface area (Å²) in [5.74, 6) is -0.0855. The fourth-order valence-corrected chi connectivity index (χ4v) is 3.68. The van der Waals surface area contributed by atoms with Crippen LogP contribution in [0, 0.1) is 0 Å². The molecule has 0 fully saturated rings. The van der Waals surface area contributed by atoms with Crippen LogP contribution >= 0.6 is 0 Å². The van der Waals surface area contributed by atoms with Crippen molar-refractivity contribution in [2.24, 2.45) is 0 Å². The molecule has 0 unspecified atom stereocenters. The third kappa shape index (κ3) is 4.35. The smallest absolute Gasteiger partial charge is 0.251 e. The van der Waals surface area contributed by atoms with Gasteiger partial charge in [-0.15, -0.1) is 0 Å². The molecule has 3 rings (SSSR count). The lowest BCUT2D eigenvalue weighted by Gasteiger charge is -2.33. The van der Waals surface area contributed by atoms with E-state index in [9.17, 15) is 9.00 Å². The average molecular weight is 356 g/mol. The van der Waals surface area contributed by atoms with Gasteiger partial charge in [0.1, 0.15) is 0 Å². The predicted molar refractivity (Wildman–Crippen MR) is 101 cm³/mol. The van der Waals surface area contributed by atoms with Gasteiger partial charge in [0.2, 0.25) is 0 Å². The second kappa shape index (κ2) is 7.93. The van der Waals surface area contributed by atoms with Gasteiger partial charge >= 0.3 is 0 Å². The quantitative estimate of drug-likeness (QED) is 0.896. The summed E-state index contributed by atoms with van der Waals surface area (Å²) in [6, 6.07) is 15.8. The van der Waals surface area contributed by atoms with Crippen molar-refractivity contribution in [2.45, 2.75) is 30.8 Å². The van der Waals surface area contributed by atoms with Crippen LogP contribution in [0.5, 0.6) is 0 Å². The number of benzene rings is 2. The Bertz CT molecular complexity index is 774. The highest BCUT2D eigenvalue weighted by atomic mass is 32.2. The van der Waals surface area contributed by atoms with Gasteiger partial charge in [0.25, 0.3) is 5.91 Å². The molecule has 5 heteroatoms. The van der Waals surface area contributed by atoms with E-state index in [0.717, 1.165) is 24.4 Å². The third-order valence-corrected chi connectivity index (χ3v) is 5.73. The largest absolute Gasteiger partial charge is 0.350 e. The molecule has 1 aliphatic heterocycles. The highest BCUT2D eigenvalue weighted by Crippen LogP contribution is 2.20. The highest BCUT2D eigenvalue weighted by molar-refractivity contribution is 7.84. The van der Waals surface area contributed by atoms with E-state index in [1.54, 1.807) is 30.5 Å². The van der Waals surface area contributed by atoms with Gasteiger partial charge in [-0.05, 0) is 48.7 Å². The summed E-state index contributed by atoms with van der Waals surface area (Å²) in [4.78, 5) is 15.4. The number of hydrogen-bond donors (Lipinski definition) is 1. The number of nitrogens with zero attached hydrogens (tertiary/aromatic N) is 1. The van der Waals surface area contributed by atoms with E-state index >= 15 is 0 Å². The molecule has 0 radical (unpaired) electrons. The minimum absolute atomic E-state index is 0.0855. The van der Waals surface area contributed by atoms with E-state index in [2.05, 4.69) is 41.4 Å². The molecule has 0 saturated carbocycles. The van der Waals surface area contributed by atoms with Gasteiger partial charge in [-0.25, -0.2) is 0 Å². The van der Waals surface area contributed by atoms with Gasteiger partial charge in [-0.3, -0.25) is 13.9 Å². The lowest BCUT2D eigenvalue weighted by atomic mass is 9.99.